The summed E-state index contributed by atoms with van der Waals surface area (Å²) in [7, 11) is 0. The molecule has 0 radical (unpaired) electrons. The predicted molar refractivity (Wildman–Crippen MR) is 36.3 cm³/mol. The predicted octanol–water partition coefficient (Wildman–Crippen LogP) is -0.338. The van der Waals surface area contributed by atoms with E-state index in [0.29, 0.717) is 5.69 Å². The third-order valence-corrected chi connectivity index (χ3v) is 1.61. The fourth-order valence-corrected chi connectivity index (χ4v) is 1.08. The summed E-state index contributed by atoms with van der Waals surface area (Å²) >= 11 is 1.31. The van der Waals surface area contributed by atoms with Crippen LogP contribution in [0.5, 0.6) is 0 Å². The maximum absolute atomic E-state index is 10.3. The highest BCUT2D eigenvalue weighted by molar-refractivity contribution is 7.07. The summed E-state index contributed by atoms with van der Waals surface area (Å²) in [6.07, 6.45) is -1.26. The van der Waals surface area contributed by atoms with Gasteiger partial charge in [0.25, 0.3) is 5.91 Å². The Bertz CT molecular complexity index is 222. The molecule has 10 heavy (non-hydrogen) atoms. The molecule has 0 aliphatic carbocycles. The zero-order chi connectivity index (χ0) is 7.56. The molecule has 0 bridgehead atoms. The minimum atomic E-state index is -1.26. The van der Waals surface area contributed by atoms with Crippen LogP contribution in [0.2, 0.25) is 0 Å². The normalized spacial score (nSPS) is 12.9. The number of hydrogen-bond donors (Lipinski definition) is 2. The Morgan fingerprint density at radius 3 is 3.00 bits per heavy atom. The van der Waals surface area contributed by atoms with E-state index in [1.807, 2.05) is 0 Å². The van der Waals surface area contributed by atoms with Crippen LogP contribution in [-0.2, 0) is 4.79 Å². The Hall–Kier alpha value is -0.940. The van der Waals surface area contributed by atoms with Crippen molar-refractivity contribution in [3.8, 4) is 0 Å². The molecule has 0 fully saturated rings. The fraction of sp³-hybridized carbons (Fsp3) is 0.200. The van der Waals surface area contributed by atoms with Gasteiger partial charge in [0.1, 0.15) is 0 Å². The lowest BCUT2D eigenvalue weighted by atomic mass is 10.3. The number of aliphatic hydroxyl groups is 1. The van der Waals surface area contributed by atoms with Crippen LogP contribution >= 0.6 is 11.3 Å². The van der Waals surface area contributed by atoms with Crippen molar-refractivity contribution in [2.45, 2.75) is 6.10 Å². The van der Waals surface area contributed by atoms with Gasteiger partial charge in [-0.3, -0.25) is 4.79 Å². The second-order valence-electron chi connectivity index (χ2n) is 1.72. The zero-order valence-corrected chi connectivity index (χ0v) is 5.84. The first-order valence-corrected chi connectivity index (χ1v) is 3.51. The number of nitrogens with zero attached hydrogens (tertiary/aromatic N) is 1. The van der Waals surface area contributed by atoms with Gasteiger partial charge in [-0.05, 0) is 0 Å². The highest BCUT2D eigenvalue weighted by Crippen LogP contribution is 2.10. The van der Waals surface area contributed by atoms with Crippen molar-refractivity contribution in [3.63, 3.8) is 0 Å². The summed E-state index contributed by atoms with van der Waals surface area (Å²) < 4.78 is 0. The Morgan fingerprint density at radius 1 is 1.90 bits per heavy atom. The van der Waals surface area contributed by atoms with E-state index in [1.54, 1.807) is 5.38 Å². The van der Waals surface area contributed by atoms with Crippen LogP contribution < -0.4 is 5.73 Å². The number of carbonyl (C=O) groups is 1. The van der Waals surface area contributed by atoms with Gasteiger partial charge in [0.05, 0.1) is 11.2 Å². The molecule has 0 saturated carbocycles. The van der Waals surface area contributed by atoms with E-state index in [2.05, 4.69) is 4.98 Å². The van der Waals surface area contributed by atoms with Crippen LogP contribution in [0.4, 0.5) is 0 Å². The minimum absolute atomic E-state index is 0.317. The first-order chi connectivity index (χ1) is 4.72. The maximum atomic E-state index is 10.3. The van der Waals surface area contributed by atoms with E-state index in [1.165, 1.54) is 16.8 Å². The van der Waals surface area contributed by atoms with Gasteiger partial charge >= 0.3 is 0 Å². The van der Waals surface area contributed by atoms with Gasteiger partial charge in [0.2, 0.25) is 0 Å². The van der Waals surface area contributed by atoms with Gasteiger partial charge < -0.3 is 10.8 Å². The van der Waals surface area contributed by atoms with Crippen LogP contribution in [0.3, 0.4) is 0 Å². The molecule has 1 aromatic heterocycles. The summed E-state index contributed by atoms with van der Waals surface area (Å²) in [5.74, 6) is -0.772. The summed E-state index contributed by atoms with van der Waals surface area (Å²) in [5.41, 5.74) is 6.65. The Kier molecular flexibility index (Phi) is 1.98. The van der Waals surface area contributed by atoms with Gasteiger partial charge in [0, 0.05) is 5.38 Å². The molecule has 3 N–H and O–H groups in total. The molecule has 0 aliphatic heterocycles. The second kappa shape index (κ2) is 2.76. The van der Waals surface area contributed by atoms with Crippen molar-refractivity contribution in [2.75, 3.05) is 0 Å². The Morgan fingerprint density at radius 2 is 2.60 bits per heavy atom. The van der Waals surface area contributed by atoms with Gasteiger partial charge in [-0.15, -0.1) is 11.3 Å². The van der Waals surface area contributed by atoms with Crippen LogP contribution in [0.25, 0.3) is 0 Å². The van der Waals surface area contributed by atoms with Crippen molar-refractivity contribution in [1.82, 2.24) is 4.98 Å². The fourth-order valence-electron chi connectivity index (χ4n) is 0.503. The molecule has 0 spiro atoms. The molecule has 0 aliphatic rings. The van der Waals surface area contributed by atoms with Crippen LogP contribution in [0.15, 0.2) is 10.9 Å². The average Bonchev–Trinajstić information content (AvgIpc) is 2.36. The first-order valence-electron chi connectivity index (χ1n) is 2.57. The molecule has 0 aromatic carbocycles. The molecule has 1 rings (SSSR count). The summed E-state index contributed by atoms with van der Waals surface area (Å²) in [4.78, 5) is 14.0. The standard InChI is InChI=1S/C5H6N2O2S/c6-5(9)4(8)3-1-10-2-7-3/h1-2,4,8H,(H2,6,9). The molecular formula is C5H6N2O2S. The quantitative estimate of drug-likeness (QED) is 0.618. The molecule has 1 atom stereocenters. The third-order valence-electron chi connectivity index (χ3n) is 1.00. The molecule has 1 unspecified atom stereocenters. The van der Waals surface area contributed by atoms with Crippen molar-refractivity contribution in [3.05, 3.63) is 16.6 Å². The van der Waals surface area contributed by atoms with Gasteiger partial charge in [0.15, 0.2) is 6.10 Å². The van der Waals surface area contributed by atoms with Crippen LogP contribution in [-0.4, -0.2) is 16.0 Å². The number of hydrogen-bond acceptors (Lipinski definition) is 4. The average molecular weight is 158 g/mol. The summed E-state index contributed by atoms with van der Waals surface area (Å²) in [6, 6.07) is 0. The number of carbonyl (C=O) groups excluding carboxylic acids is 1. The zero-order valence-electron chi connectivity index (χ0n) is 5.02. The largest absolute Gasteiger partial charge is 0.377 e. The lowest BCUT2D eigenvalue weighted by molar-refractivity contribution is -0.126. The highest BCUT2D eigenvalue weighted by atomic mass is 32.1. The maximum Gasteiger partial charge on any atom is 0.252 e. The van der Waals surface area contributed by atoms with E-state index >= 15 is 0 Å². The van der Waals surface area contributed by atoms with Gasteiger partial charge in [-0.1, -0.05) is 0 Å². The Balaban J connectivity index is 2.77. The molecule has 1 aromatic rings. The van der Waals surface area contributed by atoms with Crippen LogP contribution in [0, 0.1) is 0 Å². The highest BCUT2D eigenvalue weighted by Gasteiger charge is 2.14. The van der Waals surface area contributed by atoms with Crippen LogP contribution in [0.1, 0.15) is 11.8 Å². The topological polar surface area (TPSA) is 76.2 Å². The van der Waals surface area contributed by atoms with Gasteiger partial charge in [-0.25, -0.2) is 4.98 Å². The van der Waals surface area contributed by atoms with Crippen molar-refractivity contribution in [2.24, 2.45) is 5.73 Å². The van der Waals surface area contributed by atoms with E-state index in [4.69, 9.17) is 10.8 Å². The number of thiazole rings is 1. The molecule has 4 nitrogen and oxygen atoms in total. The summed E-state index contributed by atoms with van der Waals surface area (Å²) in [5, 5.41) is 10.5. The van der Waals surface area contributed by atoms with E-state index in [-0.39, 0.29) is 0 Å². The molecule has 1 heterocycles. The van der Waals surface area contributed by atoms with E-state index < -0.39 is 12.0 Å². The molecule has 54 valence electrons. The summed E-state index contributed by atoms with van der Waals surface area (Å²) in [6.45, 7) is 0. The molecular weight excluding hydrogens is 152 g/mol. The van der Waals surface area contributed by atoms with Crippen molar-refractivity contribution >= 4 is 17.2 Å². The second-order valence-corrected chi connectivity index (χ2v) is 2.44. The number of aliphatic hydroxyl groups excluding tert-OH is 1. The smallest absolute Gasteiger partial charge is 0.252 e. The lowest BCUT2D eigenvalue weighted by Crippen LogP contribution is -2.20. The SMILES string of the molecule is NC(=O)C(O)c1cscn1. The third kappa shape index (κ3) is 1.31. The van der Waals surface area contributed by atoms with Crippen molar-refractivity contribution in [1.29, 1.82) is 0 Å². The number of primary amides is 1. The van der Waals surface area contributed by atoms with E-state index in [9.17, 15) is 4.79 Å². The number of rotatable bonds is 2. The first kappa shape index (κ1) is 7.17. The monoisotopic (exact) mass is 158 g/mol. The Labute approximate surface area is 61.3 Å². The number of aromatic nitrogens is 1. The molecule has 0 saturated heterocycles. The minimum Gasteiger partial charge on any atom is -0.377 e. The number of amides is 1. The van der Waals surface area contributed by atoms with E-state index in [0.717, 1.165) is 0 Å². The molecule has 1 amide bonds. The van der Waals surface area contributed by atoms with Gasteiger partial charge in [-0.2, -0.15) is 0 Å². The number of nitrogens with two attached hydrogens (primary N) is 1. The van der Waals surface area contributed by atoms with Crippen molar-refractivity contribution < 1.29 is 9.90 Å². The molecule has 5 heteroatoms. The lowest BCUT2D eigenvalue weighted by Gasteiger charge is -1.99.